The molecule has 10 heavy (non-hydrogen) atoms. The fourth-order valence-corrected chi connectivity index (χ4v) is 0.829. The van der Waals surface area contributed by atoms with Gasteiger partial charge in [0.2, 0.25) is 5.91 Å². The minimum Gasteiger partial charge on any atom is -0.353 e. The molecule has 0 saturated carbocycles. The Morgan fingerprint density at radius 2 is 1.90 bits per heavy atom. The van der Waals surface area contributed by atoms with Crippen molar-refractivity contribution in [2.24, 2.45) is 0 Å². The number of amides is 1. The largest absolute Gasteiger partial charge is 0.353 e. The topological polar surface area (TPSA) is 46.2 Å². The van der Waals surface area contributed by atoms with Crippen molar-refractivity contribution >= 4 is 11.7 Å². The highest BCUT2D eigenvalue weighted by atomic mass is 16.1. The molecule has 0 heterocycles. The molecule has 0 rings (SSSR count). The maximum absolute atomic E-state index is 10.5. The fourth-order valence-electron chi connectivity index (χ4n) is 0.829. The van der Waals surface area contributed by atoms with E-state index >= 15 is 0 Å². The molecule has 3 nitrogen and oxygen atoms in total. The van der Waals surface area contributed by atoms with Crippen molar-refractivity contribution in [2.45, 2.75) is 33.2 Å². The van der Waals surface area contributed by atoms with Crippen LogP contribution in [0.15, 0.2) is 0 Å². The Labute approximate surface area is 60.8 Å². The van der Waals surface area contributed by atoms with Crippen LogP contribution in [0, 0.1) is 0 Å². The summed E-state index contributed by atoms with van der Waals surface area (Å²) in [4.78, 5) is 20.9. The Morgan fingerprint density at radius 1 is 1.40 bits per heavy atom. The van der Waals surface area contributed by atoms with Gasteiger partial charge in [0, 0.05) is 19.4 Å². The van der Waals surface area contributed by atoms with Crippen molar-refractivity contribution in [1.82, 2.24) is 5.32 Å². The average molecular weight is 143 g/mol. The van der Waals surface area contributed by atoms with Gasteiger partial charge in [-0.05, 0) is 13.8 Å². The van der Waals surface area contributed by atoms with Gasteiger partial charge >= 0.3 is 0 Å². The first-order valence-corrected chi connectivity index (χ1v) is 3.29. The minimum absolute atomic E-state index is 0.0324. The van der Waals surface area contributed by atoms with Gasteiger partial charge in [0.05, 0.1) is 0 Å². The molecule has 0 spiro atoms. The molecule has 0 aromatic rings. The van der Waals surface area contributed by atoms with Crippen LogP contribution < -0.4 is 5.32 Å². The molecule has 0 aliphatic rings. The predicted octanol–water partition coefficient (Wildman–Crippen LogP) is 0.490. The molecule has 0 aliphatic carbocycles. The second-order valence-corrected chi connectivity index (χ2v) is 2.51. The second-order valence-electron chi connectivity index (χ2n) is 2.51. The maximum atomic E-state index is 10.5. The normalized spacial score (nSPS) is 12.3. The summed E-state index contributed by atoms with van der Waals surface area (Å²) in [6.07, 6.45) is 0.416. The number of rotatable bonds is 3. The summed E-state index contributed by atoms with van der Waals surface area (Å²) in [6.45, 7) is 4.76. The molecule has 0 saturated heterocycles. The van der Waals surface area contributed by atoms with Gasteiger partial charge in [-0.3, -0.25) is 9.59 Å². The van der Waals surface area contributed by atoms with Crippen molar-refractivity contribution in [3.63, 3.8) is 0 Å². The summed E-state index contributed by atoms with van der Waals surface area (Å²) < 4.78 is 0. The average Bonchev–Trinajstić information content (AvgIpc) is 1.58. The highest BCUT2D eigenvalue weighted by Gasteiger charge is 2.04. The van der Waals surface area contributed by atoms with E-state index in [2.05, 4.69) is 5.32 Å². The van der Waals surface area contributed by atoms with Gasteiger partial charge in [0.15, 0.2) is 0 Å². The van der Waals surface area contributed by atoms with Gasteiger partial charge < -0.3 is 5.32 Å². The molecule has 0 bridgehead atoms. The molecule has 58 valence electrons. The Kier molecular flexibility index (Phi) is 3.69. The molecular formula is C7H13NO2. The smallest absolute Gasteiger partial charge is 0.217 e. The summed E-state index contributed by atoms with van der Waals surface area (Å²) in [5.74, 6) is 0.00926. The van der Waals surface area contributed by atoms with Gasteiger partial charge in [-0.15, -0.1) is 0 Å². The van der Waals surface area contributed by atoms with Crippen molar-refractivity contribution in [1.29, 1.82) is 0 Å². The van der Waals surface area contributed by atoms with Crippen LogP contribution in [0.5, 0.6) is 0 Å². The van der Waals surface area contributed by atoms with Crippen LogP contribution in [0.4, 0.5) is 0 Å². The summed E-state index contributed by atoms with van der Waals surface area (Å²) in [5, 5.41) is 2.61. The quantitative estimate of drug-likeness (QED) is 0.625. The SMILES string of the molecule is CC(=O)C[C@H](C)NC(C)=O. The van der Waals surface area contributed by atoms with Crippen molar-refractivity contribution < 1.29 is 9.59 Å². The van der Waals surface area contributed by atoms with Crippen LogP contribution in [-0.4, -0.2) is 17.7 Å². The third kappa shape index (κ3) is 5.28. The Balaban J connectivity index is 3.53. The lowest BCUT2D eigenvalue weighted by molar-refractivity contribution is -0.120. The van der Waals surface area contributed by atoms with Crippen LogP contribution >= 0.6 is 0 Å². The van der Waals surface area contributed by atoms with Crippen LogP contribution in [0.3, 0.4) is 0 Å². The molecule has 0 aliphatic heterocycles. The predicted molar refractivity (Wildman–Crippen MR) is 38.6 cm³/mol. The van der Waals surface area contributed by atoms with Crippen molar-refractivity contribution in [2.75, 3.05) is 0 Å². The van der Waals surface area contributed by atoms with Gasteiger partial charge in [-0.2, -0.15) is 0 Å². The second kappa shape index (κ2) is 4.04. The number of hydrogen-bond acceptors (Lipinski definition) is 2. The fraction of sp³-hybridized carbons (Fsp3) is 0.714. The van der Waals surface area contributed by atoms with E-state index in [0.29, 0.717) is 6.42 Å². The first kappa shape index (κ1) is 9.14. The number of hydrogen-bond donors (Lipinski definition) is 1. The molecule has 0 fully saturated rings. The van der Waals surface area contributed by atoms with E-state index in [-0.39, 0.29) is 17.7 Å². The lowest BCUT2D eigenvalue weighted by Crippen LogP contribution is -2.31. The van der Waals surface area contributed by atoms with Gasteiger partial charge in [0.25, 0.3) is 0 Å². The third-order valence-corrected chi connectivity index (χ3v) is 1.04. The van der Waals surface area contributed by atoms with Gasteiger partial charge in [-0.1, -0.05) is 0 Å². The molecule has 1 amide bonds. The molecule has 1 N–H and O–H groups in total. The monoisotopic (exact) mass is 143 g/mol. The van der Waals surface area contributed by atoms with Crippen LogP contribution in [0.2, 0.25) is 0 Å². The standard InChI is InChI=1S/C7H13NO2/c1-5(4-6(2)9)8-7(3)10/h5H,4H2,1-3H3,(H,8,10)/t5-/m0/s1. The zero-order chi connectivity index (χ0) is 8.15. The number of nitrogens with one attached hydrogen (secondary N) is 1. The zero-order valence-corrected chi connectivity index (χ0v) is 6.60. The Bertz CT molecular complexity index is 127. The lowest BCUT2D eigenvalue weighted by atomic mass is 10.2. The van der Waals surface area contributed by atoms with Crippen molar-refractivity contribution in [3.8, 4) is 0 Å². The molecule has 0 unspecified atom stereocenters. The van der Waals surface area contributed by atoms with E-state index in [4.69, 9.17) is 0 Å². The zero-order valence-electron chi connectivity index (χ0n) is 6.60. The number of carbonyl (C=O) groups excluding carboxylic acids is 2. The first-order valence-electron chi connectivity index (χ1n) is 3.29. The van der Waals surface area contributed by atoms with Gasteiger partial charge in [-0.25, -0.2) is 0 Å². The minimum atomic E-state index is -0.0891. The van der Waals surface area contributed by atoms with E-state index in [9.17, 15) is 9.59 Å². The Morgan fingerprint density at radius 3 is 2.20 bits per heavy atom. The van der Waals surface area contributed by atoms with E-state index in [1.807, 2.05) is 6.92 Å². The highest BCUT2D eigenvalue weighted by molar-refractivity contribution is 5.78. The summed E-state index contributed by atoms with van der Waals surface area (Å²) >= 11 is 0. The van der Waals surface area contributed by atoms with E-state index in [1.165, 1.54) is 13.8 Å². The Hall–Kier alpha value is -0.860. The number of Topliss-reactive ketones (excluding diaryl/α,β-unsaturated/α-hetero) is 1. The lowest BCUT2D eigenvalue weighted by Gasteiger charge is -2.08. The van der Waals surface area contributed by atoms with E-state index in [0.717, 1.165) is 0 Å². The molecule has 0 aromatic carbocycles. The summed E-state index contributed by atoms with van der Waals surface area (Å²) in [5.41, 5.74) is 0. The van der Waals surface area contributed by atoms with Crippen LogP contribution in [0.25, 0.3) is 0 Å². The first-order chi connectivity index (χ1) is 4.52. The molecule has 3 heteroatoms. The molecule has 1 atom stereocenters. The van der Waals surface area contributed by atoms with E-state index in [1.54, 1.807) is 0 Å². The van der Waals surface area contributed by atoms with Crippen molar-refractivity contribution in [3.05, 3.63) is 0 Å². The van der Waals surface area contributed by atoms with Gasteiger partial charge in [0.1, 0.15) is 5.78 Å². The third-order valence-electron chi connectivity index (χ3n) is 1.04. The summed E-state index contributed by atoms with van der Waals surface area (Å²) in [7, 11) is 0. The highest BCUT2D eigenvalue weighted by Crippen LogP contribution is 1.90. The molecular weight excluding hydrogens is 130 g/mol. The van der Waals surface area contributed by atoms with Crippen LogP contribution in [-0.2, 0) is 9.59 Å². The number of carbonyl (C=O) groups is 2. The van der Waals surface area contributed by atoms with E-state index < -0.39 is 0 Å². The number of ketones is 1. The summed E-state index contributed by atoms with van der Waals surface area (Å²) in [6, 6.07) is -0.0324. The molecule has 0 radical (unpaired) electrons. The van der Waals surface area contributed by atoms with Crippen LogP contribution in [0.1, 0.15) is 27.2 Å². The molecule has 0 aromatic heterocycles. The maximum Gasteiger partial charge on any atom is 0.217 e.